The van der Waals surface area contributed by atoms with E-state index in [4.69, 9.17) is 0 Å². The Hall–Kier alpha value is -1.63. The second-order valence-corrected chi connectivity index (χ2v) is 9.70. The summed E-state index contributed by atoms with van der Waals surface area (Å²) in [6, 6.07) is 10.6. The molecule has 0 bridgehead atoms. The fraction of sp³-hybridized carbons (Fsp3) is 0.571. The number of hydrogen-bond acceptors (Lipinski definition) is 0. The molecule has 2 aliphatic carbocycles. The molecule has 4 atom stereocenters. The minimum Gasteiger partial charge on any atom is -0.206 e. The number of unbranched alkanes of at least 4 members (excludes halogenated alkanes) is 1. The lowest BCUT2D eigenvalue weighted by atomic mass is 9.63. The molecule has 2 aromatic rings. The third-order valence-corrected chi connectivity index (χ3v) is 7.83. The number of fused-ring (bicyclic) bond motifs is 2. The summed E-state index contributed by atoms with van der Waals surface area (Å²) in [5.74, 6) is 3.50. The molecule has 0 aromatic heterocycles. The minimum atomic E-state index is -0.0370. The van der Waals surface area contributed by atoms with Gasteiger partial charge in [0.2, 0.25) is 0 Å². The van der Waals surface area contributed by atoms with Crippen LogP contribution in [-0.2, 0) is 6.42 Å². The molecule has 0 heterocycles. The fourth-order valence-corrected chi connectivity index (χ4v) is 6.10. The Morgan fingerprint density at radius 3 is 2.69 bits per heavy atom. The summed E-state index contributed by atoms with van der Waals surface area (Å²) in [7, 11) is 0. The lowest BCUT2D eigenvalue weighted by Gasteiger charge is -2.42. The van der Waals surface area contributed by atoms with Crippen LogP contribution in [0.15, 0.2) is 43.0 Å². The van der Waals surface area contributed by atoms with Gasteiger partial charge in [0, 0.05) is 5.39 Å². The quantitative estimate of drug-likeness (QED) is 0.414. The van der Waals surface area contributed by atoms with Crippen LogP contribution in [0.1, 0.15) is 88.2 Å². The van der Waals surface area contributed by atoms with Crippen molar-refractivity contribution < 1.29 is 4.39 Å². The standard InChI is InChI=1S/C28H37F/c1-3-5-7-20-9-10-23-18-24(13-12-22(23)17-20)25-15-16-27-26(19-25)14-11-21(28(27)29)8-6-4-2/h4,11,14-16,19-20,22-24H,2-3,5-10,12-13,17-18H2,1H3/t20?,22-,23?,24-/m1/s1. The van der Waals surface area contributed by atoms with Crippen molar-refractivity contribution in [2.45, 2.75) is 83.5 Å². The van der Waals surface area contributed by atoms with Gasteiger partial charge in [-0.05, 0) is 85.1 Å². The smallest absolute Gasteiger partial charge is 0.134 e. The molecule has 1 heteroatoms. The van der Waals surface area contributed by atoms with Crippen molar-refractivity contribution in [1.29, 1.82) is 0 Å². The summed E-state index contributed by atoms with van der Waals surface area (Å²) in [5.41, 5.74) is 2.24. The van der Waals surface area contributed by atoms with E-state index < -0.39 is 0 Å². The highest BCUT2D eigenvalue weighted by Gasteiger charge is 2.35. The number of allylic oxidation sites excluding steroid dienone is 1. The molecule has 0 saturated heterocycles. The van der Waals surface area contributed by atoms with Gasteiger partial charge in [-0.25, -0.2) is 4.39 Å². The number of rotatable bonds is 7. The predicted octanol–water partition coefficient (Wildman–Crippen LogP) is 8.59. The topological polar surface area (TPSA) is 0 Å². The maximum atomic E-state index is 14.9. The first-order chi connectivity index (χ1) is 14.2. The Bertz CT molecular complexity index is 836. The molecule has 0 radical (unpaired) electrons. The number of halogens is 1. The Labute approximate surface area is 176 Å². The van der Waals surface area contributed by atoms with Gasteiger partial charge in [0.05, 0.1) is 0 Å². The van der Waals surface area contributed by atoms with E-state index in [1.807, 2.05) is 18.2 Å². The Kier molecular flexibility index (Phi) is 6.73. The van der Waals surface area contributed by atoms with Crippen molar-refractivity contribution in [3.8, 4) is 0 Å². The van der Waals surface area contributed by atoms with Crippen molar-refractivity contribution >= 4 is 10.8 Å². The summed E-state index contributed by atoms with van der Waals surface area (Å²) in [6.07, 6.45) is 16.0. The van der Waals surface area contributed by atoms with Crippen molar-refractivity contribution in [1.82, 2.24) is 0 Å². The number of aryl methyl sites for hydroxylation is 1. The van der Waals surface area contributed by atoms with Crippen LogP contribution >= 0.6 is 0 Å². The molecule has 2 aliphatic rings. The zero-order valence-electron chi connectivity index (χ0n) is 18.1. The predicted molar refractivity (Wildman–Crippen MR) is 123 cm³/mol. The fourth-order valence-electron chi connectivity index (χ4n) is 6.10. The summed E-state index contributed by atoms with van der Waals surface area (Å²) < 4.78 is 14.9. The average Bonchev–Trinajstić information content (AvgIpc) is 2.76. The zero-order valence-corrected chi connectivity index (χ0v) is 18.1. The lowest BCUT2D eigenvalue weighted by Crippen LogP contribution is -2.30. The van der Waals surface area contributed by atoms with Crippen LogP contribution in [0.3, 0.4) is 0 Å². The molecule has 0 aliphatic heterocycles. The van der Waals surface area contributed by atoms with Crippen LogP contribution in [0.25, 0.3) is 10.8 Å². The van der Waals surface area contributed by atoms with Gasteiger partial charge in [0.15, 0.2) is 0 Å². The van der Waals surface area contributed by atoms with E-state index in [1.165, 1.54) is 63.4 Å². The maximum Gasteiger partial charge on any atom is 0.134 e. The molecule has 0 nitrogen and oxygen atoms in total. The van der Waals surface area contributed by atoms with Crippen LogP contribution in [0.2, 0.25) is 0 Å². The van der Waals surface area contributed by atoms with E-state index >= 15 is 0 Å². The van der Waals surface area contributed by atoms with Crippen molar-refractivity contribution in [2.75, 3.05) is 0 Å². The van der Waals surface area contributed by atoms with Crippen LogP contribution in [0, 0.1) is 23.6 Å². The first kappa shape index (κ1) is 20.6. The van der Waals surface area contributed by atoms with Gasteiger partial charge in [-0.1, -0.05) is 69.0 Å². The van der Waals surface area contributed by atoms with Gasteiger partial charge < -0.3 is 0 Å². The first-order valence-electron chi connectivity index (χ1n) is 12.0. The molecular weight excluding hydrogens is 355 g/mol. The van der Waals surface area contributed by atoms with Crippen LogP contribution in [0.5, 0.6) is 0 Å². The highest BCUT2D eigenvalue weighted by atomic mass is 19.1. The summed E-state index contributed by atoms with van der Waals surface area (Å²) >= 11 is 0. The number of benzene rings is 2. The monoisotopic (exact) mass is 392 g/mol. The van der Waals surface area contributed by atoms with Gasteiger partial charge >= 0.3 is 0 Å². The van der Waals surface area contributed by atoms with Crippen molar-refractivity contribution in [2.24, 2.45) is 17.8 Å². The van der Waals surface area contributed by atoms with E-state index in [0.717, 1.165) is 46.9 Å². The number of hydrogen-bond donors (Lipinski definition) is 0. The molecule has 0 amide bonds. The lowest BCUT2D eigenvalue weighted by molar-refractivity contribution is 0.113. The largest absolute Gasteiger partial charge is 0.206 e. The van der Waals surface area contributed by atoms with Gasteiger partial charge in [-0.2, -0.15) is 0 Å². The molecule has 0 spiro atoms. The van der Waals surface area contributed by atoms with Crippen LogP contribution in [0.4, 0.5) is 4.39 Å². The van der Waals surface area contributed by atoms with E-state index in [1.54, 1.807) is 0 Å². The summed E-state index contributed by atoms with van der Waals surface area (Å²) in [6.45, 7) is 6.07. The van der Waals surface area contributed by atoms with Gasteiger partial charge in [-0.3, -0.25) is 0 Å². The maximum absolute atomic E-state index is 14.9. The second kappa shape index (κ2) is 9.45. The summed E-state index contributed by atoms with van der Waals surface area (Å²) in [5, 5.41) is 1.84. The summed E-state index contributed by atoms with van der Waals surface area (Å²) in [4.78, 5) is 0. The molecule has 29 heavy (non-hydrogen) atoms. The third-order valence-electron chi connectivity index (χ3n) is 7.83. The average molecular weight is 393 g/mol. The van der Waals surface area contributed by atoms with Gasteiger partial charge in [-0.15, -0.1) is 6.58 Å². The molecule has 4 rings (SSSR count). The van der Waals surface area contributed by atoms with E-state index in [0.29, 0.717) is 5.92 Å². The van der Waals surface area contributed by atoms with Gasteiger partial charge in [0.25, 0.3) is 0 Å². The molecule has 0 N–H and O–H groups in total. The normalized spacial score (nSPS) is 27.0. The zero-order chi connectivity index (χ0) is 20.2. The highest BCUT2D eigenvalue weighted by molar-refractivity contribution is 5.84. The molecule has 2 aromatic carbocycles. The third kappa shape index (κ3) is 4.60. The highest BCUT2D eigenvalue weighted by Crippen LogP contribution is 2.48. The van der Waals surface area contributed by atoms with Crippen molar-refractivity contribution in [3.63, 3.8) is 0 Å². The Balaban J connectivity index is 1.45. The molecular formula is C28H37F. The Morgan fingerprint density at radius 2 is 1.86 bits per heavy atom. The van der Waals surface area contributed by atoms with E-state index in [2.05, 4.69) is 31.7 Å². The Morgan fingerprint density at radius 1 is 1.03 bits per heavy atom. The van der Waals surface area contributed by atoms with Gasteiger partial charge in [0.1, 0.15) is 5.82 Å². The molecule has 2 saturated carbocycles. The molecule has 156 valence electrons. The minimum absolute atomic E-state index is 0.0370. The molecule has 2 unspecified atom stereocenters. The second-order valence-electron chi connectivity index (χ2n) is 9.70. The van der Waals surface area contributed by atoms with E-state index in [9.17, 15) is 4.39 Å². The molecule has 2 fully saturated rings. The van der Waals surface area contributed by atoms with E-state index in [-0.39, 0.29) is 5.82 Å². The van der Waals surface area contributed by atoms with Crippen molar-refractivity contribution in [3.05, 3.63) is 59.9 Å². The van der Waals surface area contributed by atoms with Crippen LogP contribution in [-0.4, -0.2) is 0 Å². The first-order valence-corrected chi connectivity index (χ1v) is 12.0. The van der Waals surface area contributed by atoms with Crippen LogP contribution < -0.4 is 0 Å². The SMILES string of the molecule is C=CCCc1ccc2cc([C@@H]3CC[C@@H]4CC(CCCC)CCC4C3)ccc2c1F.